The molecule has 0 aromatic carbocycles. The van der Waals surface area contributed by atoms with E-state index in [-0.39, 0.29) is 0 Å². The van der Waals surface area contributed by atoms with Gasteiger partial charge in [-0.1, -0.05) is 0 Å². The molecule has 0 atom stereocenters. The molecule has 1 aliphatic carbocycles. The summed E-state index contributed by atoms with van der Waals surface area (Å²) in [7, 11) is 0. The van der Waals surface area contributed by atoms with Gasteiger partial charge in [0.1, 0.15) is 0 Å². The van der Waals surface area contributed by atoms with Crippen LogP contribution in [0.4, 0.5) is 30.7 Å². The molecule has 102 valence electrons. The van der Waals surface area contributed by atoms with E-state index < -0.39 is 41.8 Å². The Kier molecular flexibility index (Phi) is 2.80. The maximum absolute atomic E-state index is 13.5. The van der Waals surface area contributed by atoms with E-state index in [1.54, 1.807) is 0 Å². The van der Waals surface area contributed by atoms with Crippen LogP contribution in [0.15, 0.2) is 0 Å². The summed E-state index contributed by atoms with van der Waals surface area (Å²) >= 11 is 0. The Balaban J connectivity index is 3.22. The van der Waals surface area contributed by atoms with Crippen LogP contribution < -0.4 is 5.73 Å². The van der Waals surface area contributed by atoms with Crippen molar-refractivity contribution in [1.29, 1.82) is 0 Å². The zero-order valence-electron chi connectivity index (χ0n) is 9.14. The average Bonchev–Trinajstić information content (AvgIpc) is 2.78. The highest BCUT2D eigenvalue weighted by molar-refractivity contribution is 5.19. The van der Waals surface area contributed by atoms with Gasteiger partial charge >= 0.3 is 18.0 Å². The summed E-state index contributed by atoms with van der Waals surface area (Å²) in [6, 6.07) is 0. The second-order valence-electron chi connectivity index (χ2n) is 4.95. The van der Waals surface area contributed by atoms with E-state index in [2.05, 4.69) is 0 Å². The quantitative estimate of drug-likeness (QED) is 0.780. The van der Waals surface area contributed by atoms with Gasteiger partial charge in [0.05, 0.1) is 5.41 Å². The van der Waals surface area contributed by atoms with Gasteiger partial charge < -0.3 is 5.73 Å². The fraction of sp³-hybridized carbons (Fsp3) is 1.00. The third-order valence-electron chi connectivity index (χ3n) is 3.33. The maximum atomic E-state index is 13.5. The summed E-state index contributed by atoms with van der Waals surface area (Å²) in [6.45, 7) is 2.06. The molecule has 1 rings (SSSR count). The normalized spacial score (nSPS) is 21.5. The lowest BCUT2D eigenvalue weighted by atomic mass is 9.77. The largest absolute Gasteiger partial charge is 0.459 e. The van der Waals surface area contributed by atoms with E-state index in [0.717, 1.165) is 13.8 Å². The van der Waals surface area contributed by atoms with E-state index in [1.165, 1.54) is 0 Å². The zero-order chi connectivity index (χ0) is 13.9. The summed E-state index contributed by atoms with van der Waals surface area (Å²) in [6.07, 6.45) is -7.19. The van der Waals surface area contributed by atoms with Crippen molar-refractivity contribution in [3.8, 4) is 0 Å². The fourth-order valence-corrected chi connectivity index (χ4v) is 1.97. The Morgan fingerprint density at radius 1 is 0.882 bits per heavy atom. The highest BCUT2D eigenvalue weighted by atomic mass is 19.4. The number of nitrogens with two attached hydrogens (primary N) is 1. The number of rotatable bonds is 3. The smallest absolute Gasteiger partial charge is 0.325 e. The molecule has 0 aliphatic heterocycles. The van der Waals surface area contributed by atoms with Gasteiger partial charge in [-0.05, 0) is 26.7 Å². The van der Waals surface area contributed by atoms with Crippen LogP contribution in [0.2, 0.25) is 0 Å². The summed E-state index contributed by atoms with van der Waals surface area (Å²) in [4.78, 5) is 0. The molecule has 0 bridgehead atoms. The predicted octanol–water partition coefficient (Wildman–Crippen LogP) is 3.34. The van der Waals surface area contributed by atoms with Crippen LogP contribution in [-0.4, -0.2) is 23.6 Å². The average molecular weight is 267 g/mol. The van der Waals surface area contributed by atoms with Crippen molar-refractivity contribution in [3.05, 3.63) is 0 Å². The standard InChI is InChI=1S/C9H12F7N/c1-5(2,17)6(3-4-6)7(10,11)8(12,13)9(14,15)16/h3-4,17H2,1-2H3. The molecule has 0 aromatic heterocycles. The van der Waals surface area contributed by atoms with Crippen molar-refractivity contribution in [2.45, 2.75) is 50.2 Å². The molecule has 0 aromatic rings. The first-order chi connectivity index (χ1) is 7.21. The van der Waals surface area contributed by atoms with Crippen LogP contribution in [0.5, 0.6) is 0 Å². The minimum absolute atomic E-state index is 0.449. The molecule has 1 nitrogen and oxygen atoms in total. The van der Waals surface area contributed by atoms with Crippen molar-refractivity contribution in [1.82, 2.24) is 0 Å². The molecule has 0 radical (unpaired) electrons. The first-order valence-corrected chi connectivity index (χ1v) is 4.82. The fourth-order valence-electron chi connectivity index (χ4n) is 1.97. The number of alkyl halides is 7. The Morgan fingerprint density at radius 2 is 1.24 bits per heavy atom. The molecular weight excluding hydrogens is 255 g/mol. The van der Waals surface area contributed by atoms with Gasteiger partial charge in [-0.2, -0.15) is 30.7 Å². The van der Waals surface area contributed by atoms with Crippen LogP contribution >= 0.6 is 0 Å². The highest BCUT2D eigenvalue weighted by Gasteiger charge is 2.84. The van der Waals surface area contributed by atoms with Crippen molar-refractivity contribution >= 4 is 0 Å². The van der Waals surface area contributed by atoms with E-state index in [4.69, 9.17) is 5.73 Å². The van der Waals surface area contributed by atoms with Gasteiger partial charge in [0.15, 0.2) is 0 Å². The van der Waals surface area contributed by atoms with Gasteiger partial charge in [-0.15, -0.1) is 0 Å². The monoisotopic (exact) mass is 267 g/mol. The topological polar surface area (TPSA) is 26.0 Å². The Morgan fingerprint density at radius 3 is 1.41 bits per heavy atom. The Hall–Kier alpha value is -0.530. The third-order valence-corrected chi connectivity index (χ3v) is 3.33. The second-order valence-corrected chi connectivity index (χ2v) is 4.95. The summed E-state index contributed by atoms with van der Waals surface area (Å²) in [5.41, 5.74) is 1.01. The molecule has 1 aliphatic rings. The molecule has 0 spiro atoms. The molecule has 0 unspecified atom stereocenters. The Bertz CT molecular complexity index is 290. The first-order valence-electron chi connectivity index (χ1n) is 4.82. The van der Waals surface area contributed by atoms with Gasteiger partial charge in [0.25, 0.3) is 0 Å². The molecular formula is C9H12F7N. The van der Waals surface area contributed by atoms with Crippen LogP contribution in [0.3, 0.4) is 0 Å². The summed E-state index contributed by atoms with van der Waals surface area (Å²) in [5, 5.41) is 0. The molecule has 1 fully saturated rings. The second kappa shape index (κ2) is 3.27. The van der Waals surface area contributed by atoms with Crippen molar-refractivity contribution in [3.63, 3.8) is 0 Å². The number of hydrogen-bond donors (Lipinski definition) is 1. The maximum Gasteiger partial charge on any atom is 0.459 e. The zero-order valence-corrected chi connectivity index (χ0v) is 9.14. The molecule has 0 amide bonds. The molecule has 1 saturated carbocycles. The third kappa shape index (κ3) is 1.71. The molecule has 8 heteroatoms. The molecule has 0 heterocycles. The van der Waals surface area contributed by atoms with E-state index in [0.29, 0.717) is 0 Å². The lowest BCUT2D eigenvalue weighted by Crippen LogP contribution is -2.63. The first kappa shape index (κ1) is 14.5. The SMILES string of the molecule is CC(C)(N)C1(C(F)(F)C(F)(F)C(F)(F)F)CC1. The molecule has 0 saturated heterocycles. The highest BCUT2D eigenvalue weighted by Crippen LogP contribution is 2.68. The van der Waals surface area contributed by atoms with E-state index in [1.807, 2.05) is 0 Å². The number of hydrogen-bond acceptors (Lipinski definition) is 1. The van der Waals surface area contributed by atoms with Crippen molar-refractivity contribution in [2.75, 3.05) is 0 Å². The van der Waals surface area contributed by atoms with Crippen molar-refractivity contribution < 1.29 is 30.7 Å². The van der Waals surface area contributed by atoms with Crippen LogP contribution in [0.1, 0.15) is 26.7 Å². The van der Waals surface area contributed by atoms with Gasteiger partial charge in [-0.25, -0.2) is 0 Å². The van der Waals surface area contributed by atoms with E-state index >= 15 is 0 Å². The number of halogens is 7. The lowest BCUT2D eigenvalue weighted by molar-refractivity contribution is -0.373. The van der Waals surface area contributed by atoms with Gasteiger partial charge in [0, 0.05) is 5.54 Å². The summed E-state index contributed by atoms with van der Waals surface area (Å²) < 4.78 is 88.7. The van der Waals surface area contributed by atoms with Crippen LogP contribution in [0, 0.1) is 5.41 Å². The minimum atomic E-state index is -6.29. The van der Waals surface area contributed by atoms with Crippen LogP contribution in [-0.2, 0) is 0 Å². The molecule has 17 heavy (non-hydrogen) atoms. The van der Waals surface area contributed by atoms with Gasteiger partial charge in [-0.3, -0.25) is 0 Å². The predicted molar refractivity (Wildman–Crippen MR) is 45.9 cm³/mol. The minimum Gasteiger partial charge on any atom is -0.325 e. The van der Waals surface area contributed by atoms with Crippen LogP contribution in [0.25, 0.3) is 0 Å². The summed E-state index contributed by atoms with van der Waals surface area (Å²) in [5.74, 6) is -11.3. The Labute approximate surface area is 93.2 Å². The molecule has 2 N–H and O–H groups in total. The van der Waals surface area contributed by atoms with Gasteiger partial charge in [0.2, 0.25) is 0 Å². The van der Waals surface area contributed by atoms with Crippen molar-refractivity contribution in [2.24, 2.45) is 11.1 Å². The van der Waals surface area contributed by atoms with E-state index in [9.17, 15) is 30.7 Å². The lowest BCUT2D eigenvalue weighted by Gasteiger charge is -2.41.